The number of benzene rings is 3. The molecule has 0 bridgehead atoms. The van der Waals surface area contributed by atoms with E-state index in [0.717, 1.165) is 12.0 Å². The minimum Gasteiger partial charge on any atom is -0.503 e. The third-order valence-electron chi connectivity index (χ3n) is 6.19. The predicted octanol–water partition coefficient (Wildman–Crippen LogP) is 6.44. The van der Waals surface area contributed by atoms with Gasteiger partial charge in [0.2, 0.25) is 5.78 Å². The van der Waals surface area contributed by atoms with Crippen molar-refractivity contribution < 1.29 is 23.8 Å². The van der Waals surface area contributed by atoms with Gasteiger partial charge in [0.15, 0.2) is 11.5 Å². The molecule has 1 atom stereocenters. The van der Waals surface area contributed by atoms with Crippen LogP contribution in [-0.2, 0) is 11.2 Å². The Morgan fingerprint density at radius 3 is 2.57 bits per heavy atom. The molecule has 0 fully saturated rings. The zero-order valence-electron chi connectivity index (χ0n) is 19.1. The van der Waals surface area contributed by atoms with Crippen molar-refractivity contribution >= 4 is 39.9 Å². The number of fused-ring (bicyclic) bond motifs is 1. The van der Waals surface area contributed by atoms with E-state index in [1.54, 1.807) is 55.6 Å². The fourth-order valence-electron chi connectivity index (χ4n) is 4.38. The maximum Gasteiger partial charge on any atom is 0.294 e. The first-order chi connectivity index (χ1) is 16.9. The summed E-state index contributed by atoms with van der Waals surface area (Å²) in [6, 6.07) is 20.3. The molecule has 0 saturated heterocycles. The van der Waals surface area contributed by atoms with Crippen LogP contribution < -0.4 is 9.64 Å². The lowest BCUT2D eigenvalue weighted by Crippen LogP contribution is -2.31. The summed E-state index contributed by atoms with van der Waals surface area (Å²) >= 11 is 6.08. The van der Waals surface area contributed by atoms with Crippen molar-refractivity contribution in [2.75, 3.05) is 12.0 Å². The summed E-state index contributed by atoms with van der Waals surface area (Å²) in [5.41, 5.74) is 2.70. The molecule has 5 rings (SSSR count). The zero-order chi connectivity index (χ0) is 24.7. The van der Waals surface area contributed by atoms with E-state index in [1.165, 1.54) is 4.90 Å². The van der Waals surface area contributed by atoms with Crippen LogP contribution in [0.5, 0.6) is 5.75 Å². The first-order valence-electron chi connectivity index (χ1n) is 11.1. The van der Waals surface area contributed by atoms with Gasteiger partial charge in [-0.1, -0.05) is 42.8 Å². The second kappa shape index (κ2) is 8.96. The normalized spacial score (nSPS) is 15.8. The number of ether oxygens (including phenoxy) is 1. The molecule has 0 radical (unpaired) electrons. The van der Waals surface area contributed by atoms with Crippen molar-refractivity contribution in [3.63, 3.8) is 0 Å². The van der Waals surface area contributed by atoms with Gasteiger partial charge >= 0.3 is 0 Å². The SMILES string of the molecule is CCc1ccc(N2C(=O)C(O)=C(C(=O)c3cc4cc(Cl)ccc4o3)C2c2cccc(OC)c2)cc1. The van der Waals surface area contributed by atoms with E-state index < -0.39 is 23.5 Å². The number of halogens is 1. The van der Waals surface area contributed by atoms with E-state index in [1.807, 2.05) is 31.2 Å². The summed E-state index contributed by atoms with van der Waals surface area (Å²) in [7, 11) is 1.54. The number of rotatable bonds is 6. The number of carbonyl (C=O) groups is 2. The number of methoxy groups -OCH3 is 1. The molecular weight excluding hydrogens is 466 g/mol. The van der Waals surface area contributed by atoms with Crippen LogP contribution in [0.4, 0.5) is 5.69 Å². The number of aryl methyl sites for hydroxylation is 1. The van der Waals surface area contributed by atoms with Crippen LogP contribution in [0.15, 0.2) is 88.5 Å². The van der Waals surface area contributed by atoms with Crippen LogP contribution in [0.3, 0.4) is 0 Å². The topological polar surface area (TPSA) is 80.0 Å². The van der Waals surface area contributed by atoms with Crippen LogP contribution in [-0.4, -0.2) is 23.9 Å². The highest BCUT2D eigenvalue weighted by Gasteiger charge is 2.45. The van der Waals surface area contributed by atoms with Crippen LogP contribution in [0.1, 0.15) is 34.6 Å². The van der Waals surface area contributed by atoms with Crippen molar-refractivity contribution in [1.29, 1.82) is 0 Å². The molecule has 35 heavy (non-hydrogen) atoms. The Labute approximate surface area is 207 Å². The van der Waals surface area contributed by atoms with Crippen molar-refractivity contribution in [2.45, 2.75) is 19.4 Å². The Hall–Kier alpha value is -4.03. The largest absolute Gasteiger partial charge is 0.503 e. The maximum absolute atomic E-state index is 13.7. The van der Waals surface area contributed by atoms with Crippen LogP contribution >= 0.6 is 11.6 Å². The Balaban J connectivity index is 1.65. The molecule has 1 amide bonds. The third-order valence-corrected chi connectivity index (χ3v) is 6.42. The second-order valence-corrected chi connectivity index (χ2v) is 8.69. The monoisotopic (exact) mass is 487 g/mol. The van der Waals surface area contributed by atoms with Crippen molar-refractivity contribution in [3.05, 3.63) is 106 Å². The molecule has 3 aromatic carbocycles. The molecule has 4 aromatic rings. The maximum atomic E-state index is 13.7. The molecule has 7 heteroatoms. The van der Waals surface area contributed by atoms with Gasteiger partial charge in [-0.15, -0.1) is 0 Å². The Morgan fingerprint density at radius 1 is 1.09 bits per heavy atom. The van der Waals surface area contributed by atoms with Crippen LogP contribution in [0, 0.1) is 0 Å². The van der Waals surface area contributed by atoms with E-state index >= 15 is 0 Å². The van der Waals surface area contributed by atoms with E-state index in [0.29, 0.717) is 33.0 Å². The molecule has 176 valence electrons. The molecule has 2 heterocycles. The van der Waals surface area contributed by atoms with E-state index in [-0.39, 0.29) is 11.3 Å². The fourth-order valence-corrected chi connectivity index (χ4v) is 4.56. The molecule has 0 saturated carbocycles. The summed E-state index contributed by atoms with van der Waals surface area (Å²) in [5.74, 6) is -1.28. The predicted molar refractivity (Wildman–Crippen MR) is 134 cm³/mol. The highest BCUT2D eigenvalue weighted by molar-refractivity contribution is 6.31. The first-order valence-corrected chi connectivity index (χ1v) is 11.5. The third kappa shape index (κ3) is 3.96. The quantitative estimate of drug-likeness (QED) is 0.316. The smallest absolute Gasteiger partial charge is 0.294 e. The van der Waals surface area contributed by atoms with Gasteiger partial charge in [0.05, 0.1) is 18.7 Å². The number of furan rings is 1. The number of nitrogens with zero attached hydrogens (tertiary/aromatic N) is 1. The number of aliphatic hydroxyl groups excluding tert-OH is 1. The number of aliphatic hydroxyl groups is 1. The Morgan fingerprint density at radius 2 is 1.86 bits per heavy atom. The highest BCUT2D eigenvalue weighted by atomic mass is 35.5. The van der Waals surface area contributed by atoms with Crippen molar-refractivity contribution in [1.82, 2.24) is 0 Å². The van der Waals surface area contributed by atoms with Gasteiger partial charge in [-0.3, -0.25) is 14.5 Å². The summed E-state index contributed by atoms with van der Waals surface area (Å²) in [6.45, 7) is 2.04. The lowest BCUT2D eigenvalue weighted by molar-refractivity contribution is -0.117. The summed E-state index contributed by atoms with van der Waals surface area (Å²) in [4.78, 5) is 28.5. The van der Waals surface area contributed by atoms with E-state index in [4.69, 9.17) is 20.8 Å². The van der Waals surface area contributed by atoms with Gasteiger partial charge in [0, 0.05) is 16.1 Å². The molecular formula is C28H22ClNO5. The molecule has 1 aliphatic heterocycles. The highest BCUT2D eigenvalue weighted by Crippen LogP contribution is 2.43. The summed E-state index contributed by atoms with van der Waals surface area (Å²) in [5, 5.41) is 12.1. The number of anilines is 1. The van der Waals surface area contributed by atoms with Gasteiger partial charge in [-0.2, -0.15) is 0 Å². The fraction of sp³-hybridized carbons (Fsp3) is 0.143. The van der Waals surface area contributed by atoms with Gasteiger partial charge in [0.1, 0.15) is 11.3 Å². The number of amides is 1. The molecule has 6 nitrogen and oxygen atoms in total. The standard InChI is InChI=1S/C28H22ClNO5/c1-3-16-7-10-20(11-8-16)30-25(17-5-4-6-21(14-17)34-2)24(27(32)28(30)33)26(31)23-15-18-13-19(29)9-12-22(18)35-23/h4-15,25,32H,3H2,1-2H3. The Bertz CT molecular complexity index is 1490. The number of hydrogen-bond acceptors (Lipinski definition) is 5. The number of ketones is 1. The molecule has 1 unspecified atom stereocenters. The minimum absolute atomic E-state index is 0.00712. The average Bonchev–Trinajstić information content (AvgIpc) is 3.42. The molecule has 0 aliphatic carbocycles. The average molecular weight is 488 g/mol. The van der Waals surface area contributed by atoms with E-state index in [9.17, 15) is 14.7 Å². The summed E-state index contributed by atoms with van der Waals surface area (Å²) in [6.07, 6.45) is 0.844. The molecule has 1 aromatic heterocycles. The van der Waals surface area contributed by atoms with Gasteiger partial charge in [-0.05, 0) is 66.1 Å². The molecule has 1 aliphatic rings. The minimum atomic E-state index is -0.880. The van der Waals surface area contributed by atoms with Crippen molar-refractivity contribution in [3.8, 4) is 5.75 Å². The van der Waals surface area contributed by atoms with Crippen LogP contribution in [0.25, 0.3) is 11.0 Å². The lowest BCUT2D eigenvalue weighted by Gasteiger charge is -2.27. The van der Waals surface area contributed by atoms with Gasteiger partial charge < -0.3 is 14.3 Å². The lowest BCUT2D eigenvalue weighted by atomic mass is 9.94. The second-order valence-electron chi connectivity index (χ2n) is 8.26. The Kier molecular flexibility index (Phi) is 5.83. The number of carbonyl (C=O) groups excluding carboxylic acids is 2. The first kappa shape index (κ1) is 22.7. The zero-order valence-corrected chi connectivity index (χ0v) is 19.9. The number of hydrogen-bond donors (Lipinski definition) is 1. The number of Topliss-reactive ketones (excluding diaryl/α,β-unsaturated/α-hetero) is 1. The van der Waals surface area contributed by atoms with Crippen molar-refractivity contribution in [2.24, 2.45) is 0 Å². The molecule has 1 N–H and O–H groups in total. The van der Waals surface area contributed by atoms with Gasteiger partial charge in [0.25, 0.3) is 5.91 Å². The summed E-state index contributed by atoms with van der Waals surface area (Å²) < 4.78 is 11.1. The van der Waals surface area contributed by atoms with Gasteiger partial charge in [-0.25, -0.2) is 0 Å². The van der Waals surface area contributed by atoms with Crippen LogP contribution in [0.2, 0.25) is 5.02 Å². The molecule has 0 spiro atoms. The van der Waals surface area contributed by atoms with E-state index in [2.05, 4.69) is 0 Å².